The monoisotopic (exact) mass is 347 g/mol. The molecule has 0 aliphatic carbocycles. The van der Waals surface area contributed by atoms with E-state index in [9.17, 15) is 4.79 Å². The van der Waals surface area contributed by atoms with E-state index in [0.29, 0.717) is 29.7 Å². The number of aromatic nitrogens is 2. The van der Waals surface area contributed by atoms with Crippen molar-refractivity contribution in [2.75, 3.05) is 41.8 Å². The topological polar surface area (TPSA) is 79.4 Å². The molecule has 0 atom stereocenters. The highest BCUT2D eigenvalue weighted by molar-refractivity contribution is 6.31. The quantitative estimate of drug-likeness (QED) is 0.892. The van der Waals surface area contributed by atoms with Crippen molar-refractivity contribution in [3.63, 3.8) is 0 Å². The van der Waals surface area contributed by atoms with Gasteiger partial charge in [0.05, 0.1) is 13.2 Å². The zero-order chi connectivity index (χ0) is 16.9. The van der Waals surface area contributed by atoms with E-state index in [4.69, 9.17) is 16.3 Å². The summed E-state index contributed by atoms with van der Waals surface area (Å²) in [5, 5.41) is 6.03. The molecule has 2 N–H and O–H groups in total. The molecule has 24 heavy (non-hydrogen) atoms. The molecule has 3 rings (SSSR count). The van der Waals surface area contributed by atoms with Crippen molar-refractivity contribution in [1.82, 2.24) is 9.97 Å². The molecule has 1 aliphatic rings. The summed E-state index contributed by atoms with van der Waals surface area (Å²) in [6.45, 7) is 4.78. The zero-order valence-electron chi connectivity index (χ0n) is 13.3. The number of halogens is 1. The van der Waals surface area contributed by atoms with Gasteiger partial charge in [-0.25, -0.2) is 14.8 Å². The molecule has 8 heteroatoms. The first-order valence-electron chi connectivity index (χ1n) is 7.61. The highest BCUT2D eigenvalue weighted by Gasteiger charge is 2.13. The van der Waals surface area contributed by atoms with Crippen LogP contribution in [0.1, 0.15) is 5.56 Å². The molecule has 1 aromatic carbocycles. The number of carbonyl (C=O) groups is 1. The lowest BCUT2D eigenvalue weighted by Crippen LogP contribution is -2.36. The molecule has 0 bridgehead atoms. The number of nitrogens with one attached hydrogen (secondary N) is 2. The van der Waals surface area contributed by atoms with E-state index < -0.39 is 0 Å². The third-order valence-electron chi connectivity index (χ3n) is 3.66. The molecule has 0 unspecified atom stereocenters. The average molecular weight is 348 g/mol. The summed E-state index contributed by atoms with van der Waals surface area (Å²) in [5.74, 6) is 1.20. The Labute approximate surface area is 145 Å². The fourth-order valence-electron chi connectivity index (χ4n) is 2.33. The number of hydrogen-bond acceptors (Lipinski definition) is 5. The van der Waals surface area contributed by atoms with Crippen LogP contribution >= 0.6 is 11.6 Å². The standard InChI is InChI=1S/C16H18ClN5O2/c1-11-2-3-12(8-13(11)17)20-16(23)21-14-9-15(19-10-18-14)22-4-6-24-7-5-22/h2-3,8-10H,4-7H2,1H3,(H2,18,19,20,21,23). The van der Waals surface area contributed by atoms with Crippen LogP contribution in [0.4, 0.5) is 22.1 Å². The Kier molecular flexibility index (Phi) is 5.12. The summed E-state index contributed by atoms with van der Waals surface area (Å²) in [5.41, 5.74) is 1.57. The first kappa shape index (κ1) is 16.5. The van der Waals surface area contributed by atoms with E-state index in [-0.39, 0.29) is 6.03 Å². The minimum Gasteiger partial charge on any atom is -0.378 e. The van der Waals surface area contributed by atoms with Gasteiger partial charge in [0.1, 0.15) is 18.0 Å². The second-order valence-corrected chi connectivity index (χ2v) is 5.81. The molecule has 126 valence electrons. The van der Waals surface area contributed by atoms with Crippen LogP contribution in [-0.4, -0.2) is 42.3 Å². The molecular formula is C16H18ClN5O2. The van der Waals surface area contributed by atoms with Gasteiger partial charge in [-0.1, -0.05) is 17.7 Å². The van der Waals surface area contributed by atoms with Crippen molar-refractivity contribution in [2.24, 2.45) is 0 Å². The van der Waals surface area contributed by atoms with Gasteiger partial charge >= 0.3 is 6.03 Å². The molecule has 2 amide bonds. The molecule has 0 spiro atoms. The number of ether oxygens (including phenoxy) is 1. The van der Waals surface area contributed by atoms with Gasteiger partial charge in [0.2, 0.25) is 0 Å². The highest BCUT2D eigenvalue weighted by Crippen LogP contribution is 2.20. The number of urea groups is 1. The van der Waals surface area contributed by atoms with Crippen LogP contribution in [0, 0.1) is 6.92 Å². The lowest BCUT2D eigenvalue weighted by Gasteiger charge is -2.27. The highest BCUT2D eigenvalue weighted by atomic mass is 35.5. The van der Waals surface area contributed by atoms with Crippen LogP contribution in [-0.2, 0) is 4.74 Å². The number of nitrogens with zero attached hydrogens (tertiary/aromatic N) is 3. The van der Waals surface area contributed by atoms with Crippen LogP contribution in [0.2, 0.25) is 5.02 Å². The maximum atomic E-state index is 12.1. The predicted molar refractivity (Wildman–Crippen MR) is 93.9 cm³/mol. The molecule has 1 saturated heterocycles. The minimum absolute atomic E-state index is 0.387. The van der Waals surface area contributed by atoms with Crippen LogP contribution in [0.15, 0.2) is 30.6 Å². The minimum atomic E-state index is -0.387. The summed E-state index contributed by atoms with van der Waals surface area (Å²) in [7, 11) is 0. The largest absolute Gasteiger partial charge is 0.378 e. The summed E-state index contributed by atoms with van der Waals surface area (Å²) in [6, 6.07) is 6.70. The van der Waals surface area contributed by atoms with E-state index >= 15 is 0 Å². The van der Waals surface area contributed by atoms with Gasteiger partial charge in [-0.2, -0.15) is 0 Å². The van der Waals surface area contributed by atoms with Crippen LogP contribution in [0.25, 0.3) is 0 Å². The number of anilines is 3. The first-order chi connectivity index (χ1) is 11.6. The Morgan fingerprint density at radius 2 is 2.00 bits per heavy atom. The van der Waals surface area contributed by atoms with E-state index in [2.05, 4.69) is 25.5 Å². The fraction of sp³-hybridized carbons (Fsp3) is 0.312. The third-order valence-corrected chi connectivity index (χ3v) is 4.07. The van der Waals surface area contributed by atoms with Gasteiger partial charge < -0.3 is 15.0 Å². The molecule has 2 heterocycles. The van der Waals surface area contributed by atoms with Gasteiger partial charge in [0, 0.05) is 29.9 Å². The maximum absolute atomic E-state index is 12.1. The van der Waals surface area contributed by atoms with Crippen molar-refractivity contribution in [3.8, 4) is 0 Å². The number of amides is 2. The molecule has 1 aromatic heterocycles. The predicted octanol–water partition coefficient (Wildman–Crippen LogP) is 2.92. The fourth-order valence-corrected chi connectivity index (χ4v) is 2.51. The van der Waals surface area contributed by atoms with Gasteiger partial charge in [0.15, 0.2) is 0 Å². The van der Waals surface area contributed by atoms with Crippen LogP contribution in [0.5, 0.6) is 0 Å². The van der Waals surface area contributed by atoms with Gasteiger partial charge in [-0.05, 0) is 24.6 Å². The second-order valence-electron chi connectivity index (χ2n) is 5.40. The molecule has 2 aromatic rings. The van der Waals surface area contributed by atoms with Gasteiger partial charge in [0.25, 0.3) is 0 Å². The molecular weight excluding hydrogens is 330 g/mol. The number of carbonyl (C=O) groups excluding carboxylic acids is 1. The molecule has 0 radical (unpaired) electrons. The van der Waals surface area contributed by atoms with E-state index in [0.717, 1.165) is 24.5 Å². The lowest BCUT2D eigenvalue weighted by molar-refractivity contribution is 0.122. The Bertz CT molecular complexity index is 734. The van der Waals surface area contributed by atoms with E-state index in [1.807, 2.05) is 13.0 Å². The zero-order valence-corrected chi connectivity index (χ0v) is 14.0. The lowest BCUT2D eigenvalue weighted by atomic mass is 10.2. The number of benzene rings is 1. The maximum Gasteiger partial charge on any atom is 0.324 e. The Balaban J connectivity index is 1.64. The normalized spacial score (nSPS) is 14.3. The molecule has 7 nitrogen and oxygen atoms in total. The summed E-state index contributed by atoms with van der Waals surface area (Å²) in [6.07, 6.45) is 1.43. The van der Waals surface area contributed by atoms with Crippen LogP contribution < -0.4 is 15.5 Å². The Morgan fingerprint density at radius 3 is 2.75 bits per heavy atom. The van der Waals surface area contributed by atoms with Crippen molar-refractivity contribution < 1.29 is 9.53 Å². The number of morpholine rings is 1. The summed E-state index contributed by atoms with van der Waals surface area (Å²) < 4.78 is 5.32. The summed E-state index contributed by atoms with van der Waals surface area (Å²) >= 11 is 6.06. The molecule has 1 fully saturated rings. The molecule has 0 saturated carbocycles. The smallest absolute Gasteiger partial charge is 0.324 e. The number of rotatable bonds is 3. The van der Waals surface area contributed by atoms with Crippen molar-refractivity contribution >= 4 is 35.0 Å². The number of aryl methyl sites for hydroxylation is 1. The van der Waals surface area contributed by atoms with E-state index in [1.165, 1.54) is 6.33 Å². The van der Waals surface area contributed by atoms with Gasteiger partial charge in [-0.3, -0.25) is 5.32 Å². The van der Waals surface area contributed by atoms with E-state index in [1.54, 1.807) is 18.2 Å². The molecule has 1 aliphatic heterocycles. The van der Waals surface area contributed by atoms with Crippen molar-refractivity contribution in [1.29, 1.82) is 0 Å². The van der Waals surface area contributed by atoms with Gasteiger partial charge in [-0.15, -0.1) is 0 Å². The number of hydrogen-bond donors (Lipinski definition) is 2. The van der Waals surface area contributed by atoms with Crippen LogP contribution in [0.3, 0.4) is 0 Å². The van der Waals surface area contributed by atoms with Crippen molar-refractivity contribution in [2.45, 2.75) is 6.92 Å². The van der Waals surface area contributed by atoms with Crippen molar-refractivity contribution in [3.05, 3.63) is 41.2 Å². The Morgan fingerprint density at radius 1 is 1.21 bits per heavy atom. The second kappa shape index (κ2) is 7.46. The average Bonchev–Trinajstić information content (AvgIpc) is 2.59. The SMILES string of the molecule is Cc1ccc(NC(=O)Nc2cc(N3CCOCC3)ncn2)cc1Cl. The summed E-state index contributed by atoms with van der Waals surface area (Å²) in [4.78, 5) is 22.5. The Hall–Kier alpha value is -2.38. The first-order valence-corrected chi connectivity index (χ1v) is 7.98. The third kappa shape index (κ3) is 4.12.